The standard InChI is InChI=1S/C28H32N2O/c1-28(2)18-17-20-7-8-23(19-26(20)31-28)27(21-9-13-24(14-10-21)29(3)4)22-11-15-25(16-12-22)30(5)6/h7-19,24H,1-6H3/p+1. The van der Waals surface area contributed by atoms with Gasteiger partial charge in [0.15, 0.2) is 0 Å². The summed E-state index contributed by atoms with van der Waals surface area (Å²) in [5, 5.41) is 0. The molecular formula is C28H33N2O+. The number of fused-ring (bicyclic) bond motifs is 1. The van der Waals surface area contributed by atoms with Crippen LogP contribution in [0.3, 0.4) is 0 Å². The van der Waals surface area contributed by atoms with Crippen LogP contribution < -0.4 is 14.5 Å². The zero-order valence-corrected chi connectivity index (χ0v) is 19.4. The van der Waals surface area contributed by atoms with Crippen LogP contribution in [0.1, 0.15) is 30.5 Å². The van der Waals surface area contributed by atoms with Gasteiger partial charge in [-0.3, -0.25) is 0 Å². The Hall–Kier alpha value is -3.04. The molecule has 160 valence electrons. The molecule has 0 amide bonds. The van der Waals surface area contributed by atoms with Crippen molar-refractivity contribution in [3.8, 4) is 5.75 Å². The summed E-state index contributed by atoms with van der Waals surface area (Å²) in [5.74, 6) is 0.937. The molecule has 0 saturated heterocycles. The minimum atomic E-state index is -0.293. The summed E-state index contributed by atoms with van der Waals surface area (Å²) < 4.78 is 6.28. The number of benzene rings is 2. The van der Waals surface area contributed by atoms with E-state index >= 15 is 0 Å². The van der Waals surface area contributed by atoms with Gasteiger partial charge in [0, 0.05) is 25.3 Å². The summed E-state index contributed by atoms with van der Waals surface area (Å²) in [4.78, 5) is 3.53. The lowest BCUT2D eigenvalue weighted by molar-refractivity contribution is -0.871. The number of hydrogen-bond donors (Lipinski definition) is 1. The maximum atomic E-state index is 6.28. The SMILES string of the molecule is CN(C)c1ccc(C(=C2C=CC([NH+](C)C)C=C2)c2ccc3c(c2)OC(C)(C)C=C3)cc1. The zero-order chi connectivity index (χ0) is 22.2. The van der Waals surface area contributed by atoms with Gasteiger partial charge in [-0.25, -0.2) is 0 Å². The fourth-order valence-electron chi connectivity index (χ4n) is 4.04. The van der Waals surface area contributed by atoms with Crippen LogP contribution in [0.15, 0.2) is 78.4 Å². The number of nitrogens with one attached hydrogen (secondary N) is 1. The van der Waals surface area contributed by atoms with Gasteiger partial charge in [0.25, 0.3) is 0 Å². The highest BCUT2D eigenvalue weighted by Crippen LogP contribution is 2.37. The molecule has 3 heteroatoms. The molecule has 31 heavy (non-hydrogen) atoms. The highest BCUT2D eigenvalue weighted by molar-refractivity contribution is 5.87. The van der Waals surface area contributed by atoms with Crippen molar-refractivity contribution in [3.63, 3.8) is 0 Å². The van der Waals surface area contributed by atoms with Gasteiger partial charge in [0.2, 0.25) is 0 Å². The molecule has 0 aromatic heterocycles. The Morgan fingerprint density at radius 1 is 0.903 bits per heavy atom. The summed E-state index contributed by atoms with van der Waals surface area (Å²) in [6.45, 7) is 4.18. The molecule has 1 aliphatic heterocycles. The van der Waals surface area contributed by atoms with Crippen molar-refractivity contribution in [2.24, 2.45) is 0 Å². The first-order valence-corrected chi connectivity index (χ1v) is 10.9. The van der Waals surface area contributed by atoms with Crippen molar-refractivity contribution >= 4 is 17.3 Å². The molecule has 2 aromatic carbocycles. The highest BCUT2D eigenvalue weighted by Gasteiger charge is 2.23. The van der Waals surface area contributed by atoms with E-state index in [9.17, 15) is 0 Å². The number of hydrogen-bond acceptors (Lipinski definition) is 2. The first kappa shape index (κ1) is 21.2. The fraction of sp³-hybridized carbons (Fsp3) is 0.286. The summed E-state index contributed by atoms with van der Waals surface area (Å²) in [5.41, 5.74) is 6.85. The molecule has 3 nitrogen and oxygen atoms in total. The average Bonchev–Trinajstić information content (AvgIpc) is 2.74. The summed E-state index contributed by atoms with van der Waals surface area (Å²) in [7, 11) is 8.51. The van der Waals surface area contributed by atoms with Crippen LogP contribution in [-0.2, 0) is 0 Å². The van der Waals surface area contributed by atoms with Gasteiger partial charge in [-0.05, 0) is 72.5 Å². The average molecular weight is 414 g/mol. The predicted octanol–water partition coefficient (Wildman–Crippen LogP) is 4.38. The second-order valence-electron chi connectivity index (χ2n) is 9.38. The van der Waals surface area contributed by atoms with E-state index in [-0.39, 0.29) is 5.60 Å². The van der Waals surface area contributed by atoms with Gasteiger partial charge in [-0.1, -0.05) is 42.5 Å². The predicted molar refractivity (Wildman–Crippen MR) is 132 cm³/mol. The molecule has 4 rings (SSSR count). The molecule has 1 N–H and O–H groups in total. The van der Waals surface area contributed by atoms with Crippen molar-refractivity contribution < 1.29 is 9.64 Å². The number of allylic oxidation sites excluding steroid dienone is 3. The number of quaternary nitrogens is 1. The van der Waals surface area contributed by atoms with Gasteiger partial charge in [0.1, 0.15) is 17.4 Å². The Kier molecular flexibility index (Phi) is 5.63. The molecule has 0 fully saturated rings. The fourth-order valence-corrected chi connectivity index (χ4v) is 4.04. The number of rotatable bonds is 4. The molecule has 0 bridgehead atoms. The lowest BCUT2D eigenvalue weighted by Crippen LogP contribution is -3.09. The van der Waals surface area contributed by atoms with Crippen molar-refractivity contribution in [2.75, 3.05) is 33.1 Å². The summed E-state index contributed by atoms with van der Waals surface area (Å²) in [6.07, 6.45) is 13.4. The van der Waals surface area contributed by atoms with Crippen molar-refractivity contribution in [1.82, 2.24) is 0 Å². The molecule has 2 aliphatic rings. The smallest absolute Gasteiger partial charge is 0.128 e. The first-order valence-electron chi connectivity index (χ1n) is 10.9. The summed E-state index contributed by atoms with van der Waals surface area (Å²) >= 11 is 0. The molecule has 0 unspecified atom stereocenters. The van der Waals surface area contributed by atoms with E-state index in [1.807, 2.05) is 0 Å². The third-order valence-electron chi connectivity index (χ3n) is 5.93. The Morgan fingerprint density at radius 2 is 1.55 bits per heavy atom. The van der Waals surface area contributed by atoms with E-state index in [1.54, 1.807) is 0 Å². The number of nitrogens with zero attached hydrogens (tertiary/aromatic N) is 1. The monoisotopic (exact) mass is 413 g/mol. The minimum absolute atomic E-state index is 0.293. The summed E-state index contributed by atoms with van der Waals surface area (Å²) in [6, 6.07) is 15.7. The Bertz CT molecular complexity index is 1070. The van der Waals surface area contributed by atoms with Crippen LogP contribution in [0.2, 0.25) is 0 Å². The highest BCUT2D eigenvalue weighted by atomic mass is 16.5. The van der Waals surface area contributed by atoms with Gasteiger partial charge >= 0.3 is 0 Å². The van der Waals surface area contributed by atoms with E-state index in [0.29, 0.717) is 6.04 Å². The van der Waals surface area contributed by atoms with Crippen LogP contribution in [0.5, 0.6) is 5.75 Å². The van der Waals surface area contributed by atoms with Gasteiger partial charge in [-0.2, -0.15) is 0 Å². The molecule has 1 aliphatic carbocycles. The maximum Gasteiger partial charge on any atom is 0.128 e. The third-order valence-corrected chi connectivity index (χ3v) is 5.93. The lowest BCUT2D eigenvalue weighted by atomic mass is 9.89. The van der Waals surface area contributed by atoms with E-state index in [1.165, 1.54) is 32.9 Å². The van der Waals surface area contributed by atoms with Crippen LogP contribution in [0.25, 0.3) is 11.6 Å². The third kappa shape index (κ3) is 4.52. The van der Waals surface area contributed by atoms with Crippen molar-refractivity contribution in [2.45, 2.75) is 25.5 Å². The van der Waals surface area contributed by atoms with Crippen molar-refractivity contribution in [3.05, 3.63) is 95.1 Å². The van der Waals surface area contributed by atoms with Crippen LogP contribution in [0.4, 0.5) is 5.69 Å². The van der Waals surface area contributed by atoms with Gasteiger partial charge < -0.3 is 14.5 Å². The van der Waals surface area contributed by atoms with Crippen LogP contribution >= 0.6 is 0 Å². The number of likely N-dealkylation sites (N-methyl/N-ethyl adjacent to an activating group) is 1. The molecular weight excluding hydrogens is 380 g/mol. The lowest BCUT2D eigenvalue weighted by Gasteiger charge is -2.28. The first-order chi connectivity index (χ1) is 14.7. The van der Waals surface area contributed by atoms with E-state index in [0.717, 1.165) is 11.3 Å². The molecule has 0 saturated carbocycles. The Morgan fingerprint density at radius 3 is 2.16 bits per heavy atom. The molecule has 2 aromatic rings. The van der Waals surface area contributed by atoms with Crippen molar-refractivity contribution in [1.29, 1.82) is 0 Å². The largest absolute Gasteiger partial charge is 0.483 e. The maximum absolute atomic E-state index is 6.28. The van der Waals surface area contributed by atoms with Gasteiger partial charge in [0.05, 0.1) is 14.1 Å². The number of anilines is 1. The Labute approximate surface area is 186 Å². The van der Waals surface area contributed by atoms with Crippen LogP contribution in [0, 0.1) is 0 Å². The second-order valence-corrected chi connectivity index (χ2v) is 9.38. The minimum Gasteiger partial charge on any atom is -0.483 e. The number of ether oxygens (including phenoxy) is 1. The second kappa shape index (κ2) is 8.24. The van der Waals surface area contributed by atoms with E-state index in [2.05, 4.69) is 126 Å². The topological polar surface area (TPSA) is 16.9 Å². The van der Waals surface area contributed by atoms with E-state index in [4.69, 9.17) is 4.74 Å². The quantitative estimate of drug-likeness (QED) is 0.801. The normalized spacial score (nSPS) is 18.7. The van der Waals surface area contributed by atoms with E-state index < -0.39 is 0 Å². The van der Waals surface area contributed by atoms with Gasteiger partial charge in [-0.15, -0.1) is 0 Å². The molecule has 0 spiro atoms. The molecule has 0 radical (unpaired) electrons. The van der Waals surface area contributed by atoms with Crippen LogP contribution in [-0.4, -0.2) is 39.8 Å². The molecule has 1 heterocycles. The molecule has 0 atom stereocenters. The zero-order valence-electron chi connectivity index (χ0n) is 19.4. The Balaban J connectivity index is 1.83.